The molecule has 1 aliphatic carbocycles. The SMILES string of the molecule is CCCCC[C@H](NC(=O)[C@H](Cc1ccc(OCc2ccccc2Br)cc1)NC(=O)[C@H](Cc1ccccc1)NC(=O)OCC1c2ccccc2-c2ccccc21)C(=O)N[C@H](CCCNC(=N)NS(=O)(=O)c1ccc(C)cc1)C(=O)N[C@@H](Cc1ccc2ccccc2c1)C(=O)NCC(=O)N[C@H](CCC(=O)O)C(=O)N[C@@H](CCCCNC)C(C)=O.[Fm]. The summed E-state index contributed by atoms with van der Waals surface area (Å²) in [6.45, 7) is 4.91. The van der Waals surface area contributed by atoms with Gasteiger partial charge in [0.15, 0.2) is 5.78 Å². The van der Waals surface area contributed by atoms with Gasteiger partial charge in [-0.3, -0.25) is 48.6 Å². The van der Waals surface area contributed by atoms with Crippen molar-refractivity contribution in [1.29, 1.82) is 5.41 Å². The van der Waals surface area contributed by atoms with Crippen LogP contribution < -0.4 is 62.6 Å². The molecule has 0 unspecified atom stereocenters. The van der Waals surface area contributed by atoms with Gasteiger partial charge in [0, 0.05) is 48.2 Å². The molecule has 0 aromatic heterocycles. The summed E-state index contributed by atoms with van der Waals surface area (Å²) in [6, 6.07) is 48.2. The maximum atomic E-state index is 15.5. The number of ketones is 1. The van der Waals surface area contributed by atoms with E-state index >= 15 is 19.2 Å². The van der Waals surface area contributed by atoms with E-state index < -0.39 is 125 Å². The van der Waals surface area contributed by atoms with E-state index in [0.29, 0.717) is 61.1 Å². The minimum atomic E-state index is -4.23. The Morgan fingerprint density at radius 2 is 1.02 bits per heavy atom. The van der Waals surface area contributed by atoms with Gasteiger partial charge in [-0.15, -0.1) is 0 Å². The normalized spacial score (nSPS) is 13.3. The number of alkyl carbamates (subject to hydrolysis) is 1. The number of carboxylic acids is 1. The summed E-state index contributed by atoms with van der Waals surface area (Å²) in [4.78, 5) is 142. The number of unbranched alkanes of at least 4 members (excludes halogenated alkanes) is 3. The Morgan fingerprint density at radius 1 is 0.508 bits per heavy atom. The first-order chi connectivity index (χ1) is 56.3. The van der Waals surface area contributed by atoms with Gasteiger partial charge in [0.1, 0.15) is 55.2 Å². The molecule has 8 amide bonds. The summed E-state index contributed by atoms with van der Waals surface area (Å²) < 4.78 is 41.9. The fourth-order valence-electron chi connectivity index (χ4n) is 13.7. The van der Waals surface area contributed by atoms with Crippen LogP contribution in [0.2, 0.25) is 0 Å². The number of carbonyl (C=O) groups is 10. The van der Waals surface area contributed by atoms with Gasteiger partial charge in [0.25, 0.3) is 10.0 Å². The molecule has 0 fully saturated rings. The topological polar surface area (TPSA) is 400 Å². The van der Waals surface area contributed by atoms with Gasteiger partial charge >= 0.3 is 12.1 Å². The summed E-state index contributed by atoms with van der Waals surface area (Å²) in [6.07, 6.45) is 0.677. The molecule has 7 atom stereocenters. The number of ether oxygens (including phenoxy) is 2. The van der Waals surface area contributed by atoms with E-state index in [9.17, 15) is 42.3 Å². The van der Waals surface area contributed by atoms with Crippen molar-refractivity contribution in [3.8, 4) is 16.9 Å². The number of carbonyl (C=O) groups excluding carboxylic acids is 9. The van der Waals surface area contributed by atoms with E-state index in [1.54, 1.807) is 86.8 Å². The maximum Gasteiger partial charge on any atom is 0.407 e. The number of halogens is 1. The number of amides is 8. The number of guanidine groups is 1. The summed E-state index contributed by atoms with van der Waals surface area (Å²) in [5, 5.41) is 47.5. The second-order valence-corrected chi connectivity index (χ2v) is 31.5. The van der Waals surface area contributed by atoms with Crippen molar-refractivity contribution < 1.29 is 70.9 Å². The Morgan fingerprint density at radius 3 is 1.64 bits per heavy atom. The number of fused-ring (bicyclic) bond motifs is 4. The number of aryl methyl sites for hydroxylation is 1. The van der Waals surface area contributed by atoms with Gasteiger partial charge in [0.05, 0.1) is 17.5 Å². The molecule has 0 aliphatic heterocycles. The fourth-order valence-corrected chi connectivity index (χ4v) is 15.0. The average molecular weight is 1940 g/mol. The molecule has 9 rings (SSSR count). The molecule has 27 nitrogen and oxygen atoms in total. The molecular formula is C88H103BrFmN12O15S. The summed E-state index contributed by atoms with van der Waals surface area (Å²) in [5.41, 5.74) is 7.44. The van der Waals surface area contributed by atoms with Crippen LogP contribution in [0, 0.1) is 12.3 Å². The van der Waals surface area contributed by atoms with Gasteiger partial charge in [-0.2, -0.15) is 0 Å². The van der Waals surface area contributed by atoms with E-state index in [1.807, 2.05) is 116 Å². The first-order valence-electron chi connectivity index (χ1n) is 39.3. The number of nitrogens with one attached hydrogen (secondary N) is 12. The van der Waals surface area contributed by atoms with Crippen LogP contribution in [0.1, 0.15) is 129 Å². The summed E-state index contributed by atoms with van der Waals surface area (Å²) >= 11 is 3.57. The van der Waals surface area contributed by atoms with Gasteiger partial charge in [-0.05, 0) is 152 Å². The van der Waals surface area contributed by atoms with Crippen molar-refractivity contribution in [3.05, 3.63) is 238 Å². The molecule has 0 heterocycles. The number of Topliss-reactive ketones (excluding diaryl/α,β-unsaturated/α-hetero) is 1. The number of hydrogen-bond donors (Lipinski definition) is 13. The number of rotatable bonds is 45. The zero-order valence-electron chi connectivity index (χ0n) is 66.3. The van der Waals surface area contributed by atoms with Crippen molar-refractivity contribution in [3.63, 3.8) is 0 Å². The molecule has 0 bridgehead atoms. The van der Waals surface area contributed by atoms with Gasteiger partial charge in [-0.25, -0.2) is 17.9 Å². The number of carboxylic acid groups (broad SMARTS) is 1. The maximum absolute atomic E-state index is 15.5. The molecule has 30 heteroatoms. The van der Waals surface area contributed by atoms with Crippen molar-refractivity contribution in [2.75, 3.05) is 33.3 Å². The molecule has 0 saturated heterocycles. The number of benzene rings is 8. The second kappa shape index (κ2) is 45.5. The van der Waals surface area contributed by atoms with Crippen molar-refractivity contribution in [1.82, 2.24) is 57.9 Å². The summed E-state index contributed by atoms with van der Waals surface area (Å²) in [7, 11) is -2.45. The first kappa shape index (κ1) is 90.7. The quantitative estimate of drug-likeness (QED) is 0.00960. The van der Waals surface area contributed by atoms with E-state index in [-0.39, 0.29) is 87.7 Å². The van der Waals surface area contributed by atoms with Crippen LogP contribution in [-0.2, 0) is 83.8 Å². The minimum absolute atomic E-state index is 0. The van der Waals surface area contributed by atoms with Crippen LogP contribution in [0.15, 0.2) is 203 Å². The largest absolute Gasteiger partial charge is 0.489 e. The minimum Gasteiger partial charge on any atom is -0.489 e. The number of hydrogen-bond acceptors (Lipinski definition) is 16. The molecule has 118 heavy (non-hydrogen) atoms. The molecule has 8 aromatic rings. The second-order valence-electron chi connectivity index (χ2n) is 29.0. The van der Waals surface area contributed by atoms with Gasteiger partial charge in [0.2, 0.25) is 47.3 Å². The van der Waals surface area contributed by atoms with Crippen LogP contribution in [0.3, 0.4) is 0 Å². The molecule has 0 radical (unpaired) electrons. The third kappa shape index (κ3) is 27.7. The Labute approximate surface area is 690 Å². The predicted molar refractivity (Wildman–Crippen MR) is 449 cm³/mol. The Hall–Kier alpha value is -12.8. The summed E-state index contributed by atoms with van der Waals surface area (Å²) in [5.74, 6) is -8.08. The third-order valence-corrected chi connectivity index (χ3v) is 22.2. The van der Waals surface area contributed by atoms with Crippen molar-refractivity contribution in [2.45, 2.75) is 170 Å². The van der Waals surface area contributed by atoms with E-state index in [2.05, 4.69) is 73.8 Å². The standard InChI is InChI=1S/C88H103BrN12O15S.Fm/c1-5-6-8-33-73(97-85(110)77(51-59-38-41-64(42-39-59)115-54-63-26-13-18-31-71(63)89)99-86(111)78(50-58-22-9-7-10-23-58)100-88(112)116-55-70-68-29-16-14-27-66(68)67-28-15-17-30-69(67)70)82(107)96-74(34-21-48-92-87(90)101-117(113,114)65-43-35-56(2)36-44-65)83(108)98-76(52-60-37-40-61-24-11-12-25-62(61)49-60)81(106)93-53-79(103)94-75(45-46-80(104)105)84(109)95-72(57(3)102)32-19-20-47-91-4;/h7,9-18,22-31,35-44,49,70,72-78,91H,5-6,8,19-21,32-34,45-48,50-55H2,1-4H3,(H,93,106)(H,94,103)(H,95,109)(H,96,107)(H,97,110)(H,98,108)(H,99,111)(H,100,112)(H,104,105)(H3,90,92,101);/t72-,73-,74+,75+,76-,77-,78-;/m0./s1. The molecular weight excluding hydrogens is 1830 g/mol. The molecule has 1 aliphatic rings. The zero-order chi connectivity index (χ0) is 83.8. The number of aliphatic carboxylic acids is 1. The van der Waals surface area contributed by atoms with Gasteiger partial charge in [-0.1, -0.05) is 211 Å². The smallest absolute Gasteiger partial charge is 0.407 e. The Bertz CT molecular complexity index is 4850. The van der Waals surface area contributed by atoms with E-state index in [1.165, 1.54) is 19.1 Å². The van der Waals surface area contributed by atoms with Gasteiger partial charge < -0.3 is 67.7 Å². The van der Waals surface area contributed by atoms with Crippen LogP contribution in [0.5, 0.6) is 5.75 Å². The molecule has 0 saturated carbocycles. The molecule has 0 spiro atoms. The third-order valence-electron chi connectivity index (χ3n) is 20.1. The Balaban J connectivity index is 0.0000174. The zero-order valence-corrected chi connectivity index (χ0v) is 71.1. The molecule has 13 N–H and O–H groups in total. The first-order valence-corrected chi connectivity index (χ1v) is 41.6. The van der Waals surface area contributed by atoms with E-state index in [0.717, 1.165) is 48.6 Å². The predicted octanol–water partition coefficient (Wildman–Crippen LogP) is 9.16. The van der Waals surface area contributed by atoms with Crippen LogP contribution in [0.25, 0.3) is 21.9 Å². The van der Waals surface area contributed by atoms with Crippen molar-refractivity contribution in [2.24, 2.45) is 0 Å². The molecule has 630 valence electrons. The average Bonchev–Trinajstić information content (AvgIpc) is 1.61. The van der Waals surface area contributed by atoms with Crippen LogP contribution in [0.4, 0.5) is 4.79 Å². The van der Waals surface area contributed by atoms with Crippen LogP contribution in [-0.4, -0.2) is 154 Å². The monoisotopic (exact) mass is 1940 g/mol. The number of sulfonamides is 1. The van der Waals surface area contributed by atoms with Crippen LogP contribution >= 0.6 is 15.9 Å². The fraction of sp³-hybridized carbons (Fsp3) is 0.352. The Kier molecular flexibility index (Phi) is 35.0. The molecule has 8 aromatic carbocycles. The van der Waals surface area contributed by atoms with E-state index in [4.69, 9.17) is 14.9 Å². The van der Waals surface area contributed by atoms with Crippen molar-refractivity contribution >= 4 is 102 Å².